The van der Waals surface area contributed by atoms with Crippen molar-refractivity contribution in [1.29, 1.82) is 0 Å². The van der Waals surface area contributed by atoms with Gasteiger partial charge in [-0.1, -0.05) is 35.9 Å². The number of hydrogen-bond donors (Lipinski definition) is 1. The number of anilines is 1. The lowest BCUT2D eigenvalue weighted by molar-refractivity contribution is 0.102. The van der Waals surface area contributed by atoms with Gasteiger partial charge in [-0.2, -0.15) is 0 Å². The standard InChI is InChI=1S/C24H14BrClN2O3S/c25-16-11-13(7-9-17(16)26)12-20-28-22-18(5-2-6-19(22)32-20)27-24(30)15-4-1-3-14-8-10-21(29)31-23(14)15/h1-11H,12H2,(H,27,30). The molecule has 158 valence electrons. The second-order valence-electron chi connectivity index (χ2n) is 7.12. The predicted molar refractivity (Wildman–Crippen MR) is 132 cm³/mol. The molecular formula is C24H14BrClN2O3S. The molecule has 0 spiro atoms. The van der Waals surface area contributed by atoms with Crippen LogP contribution in [0.5, 0.6) is 0 Å². The van der Waals surface area contributed by atoms with E-state index in [1.165, 1.54) is 6.07 Å². The summed E-state index contributed by atoms with van der Waals surface area (Å²) in [5.41, 5.74) is 2.45. The maximum atomic E-state index is 13.0. The van der Waals surface area contributed by atoms with Crippen LogP contribution in [0.25, 0.3) is 21.2 Å². The van der Waals surface area contributed by atoms with Crippen molar-refractivity contribution in [3.8, 4) is 0 Å². The SMILES string of the molecule is O=C(Nc1cccc2sc(Cc3ccc(Cl)c(Br)c3)nc12)c1cccc2ccc(=O)oc12. The number of rotatable bonds is 4. The summed E-state index contributed by atoms with van der Waals surface area (Å²) >= 11 is 11.1. The van der Waals surface area contributed by atoms with Crippen LogP contribution in [-0.4, -0.2) is 10.9 Å². The van der Waals surface area contributed by atoms with Crippen LogP contribution in [0.2, 0.25) is 5.02 Å². The molecule has 2 heterocycles. The molecule has 0 fully saturated rings. The monoisotopic (exact) mass is 524 g/mol. The van der Waals surface area contributed by atoms with Gasteiger partial charge in [-0.15, -0.1) is 11.3 Å². The largest absolute Gasteiger partial charge is 0.422 e. The van der Waals surface area contributed by atoms with Crippen LogP contribution in [0.4, 0.5) is 5.69 Å². The van der Waals surface area contributed by atoms with Crippen LogP contribution in [0.1, 0.15) is 20.9 Å². The van der Waals surface area contributed by atoms with E-state index in [1.807, 2.05) is 36.4 Å². The molecule has 5 nitrogen and oxygen atoms in total. The molecule has 0 aliphatic rings. The van der Waals surface area contributed by atoms with E-state index in [2.05, 4.69) is 21.2 Å². The predicted octanol–water partition coefficient (Wildman–Crippen LogP) is 6.66. The molecule has 0 aliphatic heterocycles. The van der Waals surface area contributed by atoms with Crippen molar-refractivity contribution in [2.24, 2.45) is 0 Å². The zero-order chi connectivity index (χ0) is 22.2. The number of aromatic nitrogens is 1. The molecule has 0 aliphatic carbocycles. The van der Waals surface area contributed by atoms with E-state index in [9.17, 15) is 9.59 Å². The molecule has 5 aromatic rings. The van der Waals surface area contributed by atoms with Gasteiger partial charge in [0.15, 0.2) is 5.58 Å². The van der Waals surface area contributed by atoms with Gasteiger partial charge in [-0.25, -0.2) is 9.78 Å². The average Bonchev–Trinajstić information content (AvgIpc) is 3.19. The molecule has 0 radical (unpaired) electrons. The number of nitrogens with zero attached hydrogens (tertiary/aromatic N) is 1. The van der Waals surface area contributed by atoms with E-state index in [0.29, 0.717) is 28.1 Å². The molecule has 8 heteroatoms. The van der Waals surface area contributed by atoms with Crippen molar-refractivity contribution in [2.75, 3.05) is 5.32 Å². The van der Waals surface area contributed by atoms with Crippen molar-refractivity contribution >= 4 is 71.6 Å². The Hall–Kier alpha value is -3.00. The summed E-state index contributed by atoms with van der Waals surface area (Å²) in [5, 5.41) is 5.19. The Balaban J connectivity index is 1.47. The van der Waals surface area contributed by atoms with Crippen LogP contribution in [0.15, 0.2) is 80.4 Å². The molecule has 1 N–H and O–H groups in total. The Labute approximate surface area is 199 Å². The van der Waals surface area contributed by atoms with Gasteiger partial charge >= 0.3 is 5.63 Å². The summed E-state index contributed by atoms with van der Waals surface area (Å²) in [5.74, 6) is -0.367. The topological polar surface area (TPSA) is 72.2 Å². The third-order valence-electron chi connectivity index (χ3n) is 4.94. The third-order valence-corrected chi connectivity index (χ3v) is 7.18. The zero-order valence-corrected chi connectivity index (χ0v) is 19.6. The van der Waals surface area contributed by atoms with E-state index in [-0.39, 0.29) is 11.5 Å². The number of halogens is 2. The quantitative estimate of drug-likeness (QED) is 0.266. The minimum atomic E-state index is -0.502. The fraction of sp³-hybridized carbons (Fsp3) is 0.0417. The van der Waals surface area contributed by atoms with Crippen LogP contribution < -0.4 is 10.9 Å². The highest BCUT2D eigenvalue weighted by Gasteiger charge is 2.16. The molecule has 2 aromatic heterocycles. The Morgan fingerprint density at radius 2 is 1.94 bits per heavy atom. The number of thiazole rings is 1. The highest BCUT2D eigenvalue weighted by molar-refractivity contribution is 9.10. The summed E-state index contributed by atoms with van der Waals surface area (Å²) in [7, 11) is 0. The Morgan fingerprint density at radius 3 is 2.78 bits per heavy atom. The lowest BCUT2D eigenvalue weighted by atomic mass is 10.1. The van der Waals surface area contributed by atoms with E-state index in [0.717, 1.165) is 25.3 Å². The van der Waals surface area contributed by atoms with Crippen LogP contribution in [0.3, 0.4) is 0 Å². The highest BCUT2D eigenvalue weighted by Crippen LogP contribution is 2.31. The fourth-order valence-electron chi connectivity index (χ4n) is 3.46. The smallest absolute Gasteiger partial charge is 0.336 e. The number of para-hydroxylation sites is 2. The Kier molecular flexibility index (Phi) is 5.55. The number of carbonyl (C=O) groups excluding carboxylic acids is 1. The second-order valence-corrected chi connectivity index (χ2v) is 9.49. The summed E-state index contributed by atoms with van der Waals surface area (Å²) in [6.07, 6.45) is 0.650. The Morgan fingerprint density at radius 1 is 1.09 bits per heavy atom. The van der Waals surface area contributed by atoms with Crippen LogP contribution in [-0.2, 0) is 6.42 Å². The van der Waals surface area contributed by atoms with Gasteiger partial charge in [0.1, 0.15) is 5.52 Å². The van der Waals surface area contributed by atoms with E-state index >= 15 is 0 Å². The van der Waals surface area contributed by atoms with Crippen molar-refractivity contribution in [1.82, 2.24) is 4.98 Å². The summed E-state index contributed by atoms with van der Waals surface area (Å²) in [4.78, 5) is 29.5. The molecule has 0 bridgehead atoms. The van der Waals surface area contributed by atoms with E-state index in [1.54, 1.807) is 35.6 Å². The van der Waals surface area contributed by atoms with E-state index in [4.69, 9.17) is 21.0 Å². The lowest BCUT2D eigenvalue weighted by Crippen LogP contribution is -2.13. The lowest BCUT2D eigenvalue weighted by Gasteiger charge is -2.07. The molecule has 5 rings (SSSR count). The number of nitrogens with one attached hydrogen (secondary N) is 1. The van der Waals surface area contributed by atoms with Crippen molar-refractivity contribution < 1.29 is 9.21 Å². The molecular weight excluding hydrogens is 512 g/mol. The third kappa shape index (κ3) is 4.07. The molecule has 0 saturated heterocycles. The minimum Gasteiger partial charge on any atom is -0.422 e. The normalized spacial score (nSPS) is 11.2. The number of benzene rings is 3. The fourth-order valence-corrected chi connectivity index (χ4v) is 5.03. The molecule has 0 atom stereocenters. The van der Waals surface area contributed by atoms with Crippen LogP contribution >= 0.6 is 38.9 Å². The molecule has 32 heavy (non-hydrogen) atoms. The maximum Gasteiger partial charge on any atom is 0.336 e. The average molecular weight is 526 g/mol. The van der Waals surface area contributed by atoms with Gasteiger partial charge < -0.3 is 9.73 Å². The zero-order valence-electron chi connectivity index (χ0n) is 16.4. The second kappa shape index (κ2) is 8.50. The first kappa shape index (κ1) is 20.9. The summed E-state index contributed by atoms with van der Waals surface area (Å²) in [6.45, 7) is 0. The minimum absolute atomic E-state index is 0.261. The Bertz CT molecular complexity index is 1560. The first-order valence-corrected chi connectivity index (χ1v) is 11.6. The van der Waals surface area contributed by atoms with Crippen molar-refractivity contribution in [2.45, 2.75) is 6.42 Å². The highest BCUT2D eigenvalue weighted by atomic mass is 79.9. The number of amides is 1. The first-order valence-electron chi connectivity index (χ1n) is 9.64. The van der Waals surface area contributed by atoms with Gasteiger partial charge in [0.25, 0.3) is 5.91 Å². The summed E-state index contributed by atoms with van der Waals surface area (Å²) < 4.78 is 7.09. The van der Waals surface area contributed by atoms with Crippen molar-refractivity contribution in [3.05, 3.63) is 103 Å². The molecule has 0 saturated carbocycles. The van der Waals surface area contributed by atoms with Crippen LogP contribution in [0, 0.1) is 0 Å². The van der Waals surface area contributed by atoms with Gasteiger partial charge in [0.05, 0.1) is 26.0 Å². The number of hydrogen-bond acceptors (Lipinski definition) is 5. The summed E-state index contributed by atoms with van der Waals surface area (Å²) in [6, 6.07) is 19.6. The van der Waals surface area contributed by atoms with Gasteiger partial charge in [-0.05, 0) is 57.9 Å². The molecule has 3 aromatic carbocycles. The number of carbonyl (C=O) groups is 1. The first-order chi connectivity index (χ1) is 15.5. The van der Waals surface area contributed by atoms with Gasteiger partial charge in [0, 0.05) is 22.3 Å². The van der Waals surface area contributed by atoms with Gasteiger partial charge in [0.2, 0.25) is 0 Å². The maximum absolute atomic E-state index is 13.0. The van der Waals surface area contributed by atoms with Crippen molar-refractivity contribution in [3.63, 3.8) is 0 Å². The van der Waals surface area contributed by atoms with E-state index < -0.39 is 5.63 Å². The molecule has 1 amide bonds. The number of fused-ring (bicyclic) bond motifs is 2. The molecule has 0 unspecified atom stereocenters. The van der Waals surface area contributed by atoms with Gasteiger partial charge in [-0.3, -0.25) is 4.79 Å².